The highest BCUT2D eigenvalue weighted by Gasteiger charge is 2.19. The summed E-state index contributed by atoms with van der Waals surface area (Å²) in [4.78, 5) is 12.3. The van der Waals surface area contributed by atoms with E-state index < -0.39 is 6.10 Å². The highest BCUT2D eigenvalue weighted by atomic mass is 16.5. The fourth-order valence-corrected chi connectivity index (χ4v) is 2.28. The molecule has 2 aromatic rings. The van der Waals surface area contributed by atoms with E-state index in [1.54, 1.807) is 19.2 Å². The van der Waals surface area contributed by atoms with Gasteiger partial charge in [-0.25, -0.2) is 0 Å². The second kappa shape index (κ2) is 9.57. The van der Waals surface area contributed by atoms with Crippen molar-refractivity contribution in [3.63, 3.8) is 0 Å². The van der Waals surface area contributed by atoms with Crippen LogP contribution in [0.5, 0.6) is 17.2 Å². The van der Waals surface area contributed by atoms with Gasteiger partial charge in [-0.3, -0.25) is 4.79 Å². The maximum Gasteiger partial charge on any atom is 0.261 e. The van der Waals surface area contributed by atoms with Crippen LogP contribution >= 0.6 is 0 Å². The van der Waals surface area contributed by atoms with E-state index in [-0.39, 0.29) is 5.91 Å². The molecule has 1 N–H and O–H groups in total. The molecule has 0 saturated heterocycles. The number of hydrogen-bond donors (Lipinski definition) is 1. The molecular formula is C20H25NO4. The van der Waals surface area contributed by atoms with Crippen molar-refractivity contribution in [2.45, 2.75) is 26.4 Å². The predicted molar refractivity (Wildman–Crippen MR) is 97.4 cm³/mol. The van der Waals surface area contributed by atoms with Gasteiger partial charge in [0.1, 0.15) is 12.4 Å². The van der Waals surface area contributed by atoms with Crippen molar-refractivity contribution < 1.29 is 19.0 Å². The van der Waals surface area contributed by atoms with Crippen LogP contribution in [0.1, 0.15) is 18.9 Å². The standard InChI is InChI=1S/C20H25NO4/c1-4-17(25-19-8-6-5-7-18(19)23-3)20(22)21-13-14-24-16-11-9-15(2)10-12-16/h5-12,17H,4,13-14H2,1-3H3,(H,21,22). The first kappa shape index (κ1) is 18.6. The second-order valence-electron chi connectivity index (χ2n) is 5.62. The molecule has 1 unspecified atom stereocenters. The molecule has 1 atom stereocenters. The number of ether oxygens (including phenoxy) is 3. The van der Waals surface area contributed by atoms with Crippen LogP contribution in [0.2, 0.25) is 0 Å². The van der Waals surface area contributed by atoms with Crippen LogP contribution in [0, 0.1) is 6.92 Å². The maximum atomic E-state index is 12.3. The highest BCUT2D eigenvalue weighted by molar-refractivity contribution is 5.81. The van der Waals surface area contributed by atoms with E-state index >= 15 is 0 Å². The molecule has 0 spiro atoms. The number of para-hydroxylation sites is 2. The van der Waals surface area contributed by atoms with E-state index in [0.29, 0.717) is 31.1 Å². The summed E-state index contributed by atoms with van der Waals surface area (Å²) in [6.45, 7) is 4.75. The number of nitrogens with one attached hydrogen (secondary N) is 1. The van der Waals surface area contributed by atoms with Crippen LogP contribution in [0.4, 0.5) is 0 Å². The minimum absolute atomic E-state index is 0.166. The number of aryl methyl sites for hydroxylation is 1. The van der Waals surface area contributed by atoms with Gasteiger partial charge >= 0.3 is 0 Å². The lowest BCUT2D eigenvalue weighted by atomic mass is 10.2. The average molecular weight is 343 g/mol. The molecular weight excluding hydrogens is 318 g/mol. The smallest absolute Gasteiger partial charge is 0.261 e. The average Bonchev–Trinajstić information content (AvgIpc) is 2.64. The van der Waals surface area contributed by atoms with Gasteiger partial charge in [-0.05, 0) is 37.6 Å². The van der Waals surface area contributed by atoms with Crippen LogP contribution in [-0.4, -0.2) is 32.3 Å². The number of amides is 1. The topological polar surface area (TPSA) is 56.8 Å². The highest BCUT2D eigenvalue weighted by Crippen LogP contribution is 2.27. The first-order valence-corrected chi connectivity index (χ1v) is 8.41. The summed E-state index contributed by atoms with van der Waals surface area (Å²) >= 11 is 0. The van der Waals surface area contributed by atoms with Gasteiger partial charge in [0.05, 0.1) is 13.7 Å². The van der Waals surface area contributed by atoms with Gasteiger partial charge in [0.2, 0.25) is 0 Å². The van der Waals surface area contributed by atoms with Crippen LogP contribution in [0.3, 0.4) is 0 Å². The van der Waals surface area contributed by atoms with Crippen molar-refractivity contribution in [2.75, 3.05) is 20.3 Å². The molecule has 5 heteroatoms. The Labute approximate surface area is 148 Å². The summed E-state index contributed by atoms with van der Waals surface area (Å²) in [6.07, 6.45) is -0.0152. The summed E-state index contributed by atoms with van der Waals surface area (Å²) in [7, 11) is 1.58. The van der Waals surface area contributed by atoms with Crippen LogP contribution in [0.25, 0.3) is 0 Å². The number of methoxy groups -OCH3 is 1. The number of benzene rings is 2. The molecule has 5 nitrogen and oxygen atoms in total. The van der Waals surface area contributed by atoms with Gasteiger partial charge in [-0.2, -0.15) is 0 Å². The van der Waals surface area contributed by atoms with Crippen LogP contribution in [-0.2, 0) is 4.79 Å². The quantitative estimate of drug-likeness (QED) is 0.710. The zero-order valence-electron chi connectivity index (χ0n) is 15.0. The second-order valence-corrected chi connectivity index (χ2v) is 5.62. The number of carbonyl (C=O) groups is 1. The molecule has 0 aliphatic carbocycles. The molecule has 0 saturated carbocycles. The molecule has 0 heterocycles. The SMILES string of the molecule is CCC(Oc1ccccc1OC)C(=O)NCCOc1ccc(C)cc1. The van der Waals surface area contributed by atoms with E-state index in [1.807, 2.05) is 50.2 Å². The van der Waals surface area contributed by atoms with Crippen molar-refractivity contribution in [3.05, 3.63) is 54.1 Å². The molecule has 0 aromatic heterocycles. The summed E-state index contributed by atoms with van der Waals surface area (Å²) in [5, 5.41) is 2.84. The third-order valence-corrected chi connectivity index (χ3v) is 3.69. The molecule has 0 bridgehead atoms. The van der Waals surface area contributed by atoms with E-state index in [9.17, 15) is 4.79 Å². The fourth-order valence-electron chi connectivity index (χ4n) is 2.28. The molecule has 0 fully saturated rings. The number of hydrogen-bond acceptors (Lipinski definition) is 4. The number of carbonyl (C=O) groups excluding carboxylic acids is 1. The molecule has 0 aliphatic heterocycles. The third-order valence-electron chi connectivity index (χ3n) is 3.69. The van der Waals surface area contributed by atoms with Gasteiger partial charge in [0.15, 0.2) is 17.6 Å². The first-order chi connectivity index (χ1) is 12.1. The van der Waals surface area contributed by atoms with E-state index in [0.717, 1.165) is 5.75 Å². The zero-order chi connectivity index (χ0) is 18.1. The lowest BCUT2D eigenvalue weighted by molar-refractivity contribution is -0.128. The normalized spacial score (nSPS) is 11.5. The summed E-state index contributed by atoms with van der Waals surface area (Å²) < 4.78 is 16.7. The Morgan fingerprint density at radius 1 is 1.08 bits per heavy atom. The Morgan fingerprint density at radius 3 is 2.40 bits per heavy atom. The third kappa shape index (κ3) is 5.71. The number of rotatable bonds is 9. The Balaban J connectivity index is 1.80. The van der Waals surface area contributed by atoms with Gasteiger partial charge < -0.3 is 19.5 Å². The lowest BCUT2D eigenvalue weighted by Crippen LogP contribution is -2.39. The largest absolute Gasteiger partial charge is 0.493 e. The Kier molecular flexibility index (Phi) is 7.14. The molecule has 2 aromatic carbocycles. The van der Waals surface area contributed by atoms with Crippen molar-refractivity contribution in [3.8, 4) is 17.2 Å². The Morgan fingerprint density at radius 2 is 1.76 bits per heavy atom. The zero-order valence-corrected chi connectivity index (χ0v) is 15.0. The first-order valence-electron chi connectivity index (χ1n) is 8.41. The molecule has 134 valence electrons. The van der Waals surface area contributed by atoms with Gasteiger partial charge in [-0.15, -0.1) is 0 Å². The fraction of sp³-hybridized carbons (Fsp3) is 0.350. The van der Waals surface area contributed by atoms with Crippen LogP contribution in [0.15, 0.2) is 48.5 Å². The minimum Gasteiger partial charge on any atom is -0.493 e. The molecule has 0 aliphatic rings. The van der Waals surface area contributed by atoms with E-state index in [4.69, 9.17) is 14.2 Å². The van der Waals surface area contributed by atoms with Crippen LogP contribution < -0.4 is 19.5 Å². The van der Waals surface area contributed by atoms with Crippen molar-refractivity contribution in [1.29, 1.82) is 0 Å². The van der Waals surface area contributed by atoms with Gasteiger partial charge in [0.25, 0.3) is 5.91 Å². The Hall–Kier alpha value is -2.69. The Bertz CT molecular complexity index is 670. The molecule has 1 amide bonds. The molecule has 2 rings (SSSR count). The summed E-state index contributed by atoms with van der Waals surface area (Å²) in [5.41, 5.74) is 1.18. The van der Waals surface area contributed by atoms with E-state index in [1.165, 1.54) is 5.56 Å². The summed E-state index contributed by atoms with van der Waals surface area (Å²) in [6, 6.07) is 15.1. The monoisotopic (exact) mass is 343 g/mol. The maximum absolute atomic E-state index is 12.3. The molecule has 25 heavy (non-hydrogen) atoms. The van der Waals surface area contributed by atoms with Crippen molar-refractivity contribution in [2.24, 2.45) is 0 Å². The summed E-state index contributed by atoms with van der Waals surface area (Å²) in [5.74, 6) is 1.79. The lowest BCUT2D eigenvalue weighted by Gasteiger charge is -2.19. The predicted octanol–water partition coefficient (Wildman–Crippen LogP) is 3.36. The van der Waals surface area contributed by atoms with Crippen molar-refractivity contribution in [1.82, 2.24) is 5.32 Å². The molecule has 0 radical (unpaired) electrons. The van der Waals surface area contributed by atoms with Crippen molar-refractivity contribution >= 4 is 5.91 Å². The van der Waals surface area contributed by atoms with E-state index in [2.05, 4.69) is 5.32 Å². The van der Waals surface area contributed by atoms with Gasteiger partial charge in [-0.1, -0.05) is 36.8 Å². The van der Waals surface area contributed by atoms with Gasteiger partial charge in [0, 0.05) is 0 Å². The minimum atomic E-state index is -0.573.